The lowest BCUT2D eigenvalue weighted by atomic mass is 9.90. The molecule has 4 unspecified atom stereocenters. The summed E-state index contributed by atoms with van der Waals surface area (Å²) >= 11 is 37.8. The minimum atomic E-state index is -1.77. The fourth-order valence-corrected chi connectivity index (χ4v) is 5.86. The topological polar surface area (TPSA) is 50.1 Å². The van der Waals surface area contributed by atoms with Gasteiger partial charge < -0.3 is 4.74 Å². The molecule has 0 aromatic heterocycles. The van der Waals surface area contributed by atoms with Crippen molar-refractivity contribution < 1.29 is 9.53 Å². The van der Waals surface area contributed by atoms with Gasteiger partial charge >= 0.3 is 5.97 Å². The van der Waals surface area contributed by atoms with Gasteiger partial charge in [-0.25, -0.2) is 4.79 Å². The number of hydrogen-bond donors (Lipinski definition) is 0. The predicted molar refractivity (Wildman–Crippen MR) is 94.7 cm³/mol. The Kier molecular flexibility index (Phi) is 5.96. The van der Waals surface area contributed by atoms with Crippen LogP contribution in [0.3, 0.4) is 0 Å². The lowest BCUT2D eigenvalue weighted by Gasteiger charge is -2.51. The summed E-state index contributed by atoms with van der Waals surface area (Å²) in [7, 11) is 1.13. The zero-order chi connectivity index (χ0) is 16.1. The van der Waals surface area contributed by atoms with Gasteiger partial charge in [-0.3, -0.25) is 0 Å². The Morgan fingerprint density at radius 2 is 1.50 bits per heavy atom. The Morgan fingerprint density at radius 1 is 1.10 bits per heavy atom. The average Bonchev–Trinajstić information content (AvgIpc) is 2.32. The van der Waals surface area contributed by atoms with Crippen LogP contribution in [0.15, 0.2) is 11.1 Å². The molecule has 1 aliphatic rings. The number of halogens is 8. The highest BCUT2D eigenvalue weighted by molar-refractivity contribution is 9.16. The molecule has 0 fully saturated rings. The molecule has 112 valence electrons. The van der Waals surface area contributed by atoms with E-state index in [-0.39, 0.29) is 11.1 Å². The minimum absolute atomic E-state index is 0.236. The molecule has 0 aliphatic heterocycles. The van der Waals surface area contributed by atoms with Gasteiger partial charge in [0, 0.05) is 0 Å². The first-order valence-electron chi connectivity index (χ1n) is 4.55. The Hall–Kier alpha value is 1.78. The van der Waals surface area contributed by atoms with Crippen molar-refractivity contribution in [3.05, 3.63) is 11.1 Å². The number of nitrogens with zero attached hydrogens (tertiary/aromatic N) is 1. The van der Waals surface area contributed by atoms with Gasteiger partial charge in [0.15, 0.2) is 15.1 Å². The van der Waals surface area contributed by atoms with E-state index in [0.29, 0.717) is 0 Å². The molecule has 1 aliphatic carbocycles. The van der Waals surface area contributed by atoms with Crippen molar-refractivity contribution in [3.63, 3.8) is 0 Å². The number of allylic oxidation sites excluding steroid dienone is 1. The standard InChI is InChI=1S/C9H3Br4Cl4NO2/c1-20-5(19)4-3(2-18)6(10,14)8(12,16)9(13,17)7(4,11)15/h1H3. The van der Waals surface area contributed by atoms with Gasteiger partial charge in [-0.15, -0.1) is 23.2 Å². The van der Waals surface area contributed by atoms with Crippen molar-refractivity contribution >= 4 is 116 Å². The normalized spacial score (nSPS) is 45.0. The summed E-state index contributed by atoms with van der Waals surface area (Å²) in [6.45, 7) is 0. The Bertz CT molecular complexity index is 539. The van der Waals surface area contributed by atoms with Gasteiger partial charge in [0.05, 0.1) is 24.3 Å². The molecule has 11 heteroatoms. The maximum Gasteiger partial charge on any atom is 0.337 e. The summed E-state index contributed by atoms with van der Waals surface area (Å²) in [5, 5.41) is 9.33. The van der Waals surface area contributed by atoms with Crippen LogP contribution < -0.4 is 0 Å². The number of ether oxygens (including phenoxy) is 1. The minimum Gasteiger partial charge on any atom is -0.466 e. The summed E-state index contributed by atoms with van der Waals surface area (Å²) in [6, 6.07) is 1.80. The monoisotopic (exact) mass is 613 g/mol. The maximum absolute atomic E-state index is 12.0. The van der Waals surface area contributed by atoms with Crippen molar-refractivity contribution in [2.75, 3.05) is 7.11 Å². The van der Waals surface area contributed by atoms with Crippen molar-refractivity contribution in [1.29, 1.82) is 5.26 Å². The third-order valence-electron chi connectivity index (χ3n) is 2.56. The largest absolute Gasteiger partial charge is 0.466 e. The van der Waals surface area contributed by atoms with Gasteiger partial charge in [0.2, 0.25) is 0 Å². The SMILES string of the molecule is COC(=O)C1=C(C#N)C(Cl)(Br)C(Cl)(Br)C(Cl)(Br)C1(Cl)Br. The molecule has 0 bridgehead atoms. The van der Waals surface area contributed by atoms with E-state index >= 15 is 0 Å². The maximum atomic E-state index is 12.0. The first-order valence-corrected chi connectivity index (χ1v) is 9.24. The number of nitriles is 1. The first kappa shape index (κ1) is 19.8. The number of carbonyl (C=O) groups excluding carboxylic acids is 1. The van der Waals surface area contributed by atoms with Crippen molar-refractivity contribution in [2.24, 2.45) is 0 Å². The molecular formula is C9H3Br4Cl4NO2. The highest BCUT2D eigenvalue weighted by Crippen LogP contribution is 2.71. The number of carbonyl (C=O) groups is 1. The van der Waals surface area contributed by atoms with E-state index < -0.39 is 21.1 Å². The fraction of sp³-hybridized carbons (Fsp3) is 0.556. The van der Waals surface area contributed by atoms with Gasteiger partial charge in [-0.2, -0.15) is 5.26 Å². The van der Waals surface area contributed by atoms with Crippen LogP contribution in [0.1, 0.15) is 0 Å². The van der Waals surface area contributed by atoms with Crippen LogP contribution in [-0.4, -0.2) is 28.2 Å². The second-order valence-corrected chi connectivity index (χ2v) is 12.5. The quantitative estimate of drug-likeness (QED) is 0.296. The second kappa shape index (κ2) is 6.01. The summed E-state index contributed by atoms with van der Waals surface area (Å²) < 4.78 is -2.24. The van der Waals surface area contributed by atoms with Crippen molar-refractivity contribution in [2.45, 2.75) is 15.1 Å². The van der Waals surface area contributed by atoms with E-state index in [1.54, 1.807) is 6.07 Å². The third kappa shape index (κ3) is 2.50. The van der Waals surface area contributed by atoms with E-state index in [9.17, 15) is 10.1 Å². The molecular weight excluding hydrogens is 616 g/mol. The molecule has 3 nitrogen and oxygen atoms in total. The van der Waals surface area contributed by atoms with Crippen LogP contribution in [-0.2, 0) is 9.53 Å². The Labute approximate surface area is 168 Å². The van der Waals surface area contributed by atoms with Crippen LogP contribution in [0.5, 0.6) is 0 Å². The predicted octanol–water partition coefficient (Wildman–Crippen LogP) is 5.31. The third-order valence-corrected chi connectivity index (χ3v) is 12.3. The average molecular weight is 619 g/mol. The molecule has 0 spiro atoms. The van der Waals surface area contributed by atoms with Gasteiger partial charge in [-0.1, -0.05) is 86.9 Å². The Balaban J connectivity index is 3.90. The van der Waals surface area contributed by atoms with Crippen LogP contribution in [0.4, 0.5) is 0 Å². The number of methoxy groups -OCH3 is 1. The molecule has 0 amide bonds. The summed E-state index contributed by atoms with van der Waals surface area (Å²) in [4.78, 5) is 12.0. The van der Waals surface area contributed by atoms with E-state index in [1.807, 2.05) is 0 Å². The molecule has 0 radical (unpaired) electrons. The summed E-state index contributed by atoms with van der Waals surface area (Å²) in [6.07, 6.45) is 0. The van der Waals surface area contributed by atoms with Crippen LogP contribution >= 0.6 is 110 Å². The van der Waals surface area contributed by atoms with E-state index in [4.69, 9.17) is 46.4 Å². The van der Waals surface area contributed by atoms with Crippen LogP contribution in [0.25, 0.3) is 0 Å². The fourth-order valence-electron chi connectivity index (χ4n) is 1.48. The molecule has 0 aromatic rings. The van der Waals surface area contributed by atoms with E-state index in [1.165, 1.54) is 0 Å². The van der Waals surface area contributed by atoms with Gasteiger partial charge in [-0.05, 0) is 0 Å². The highest BCUT2D eigenvalue weighted by Gasteiger charge is 2.74. The first-order chi connectivity index (χ1) is 8.80. The lowest BCUT2D eigenvalue weighted by molar-refractivity contribution is -0.136. The van der Waals surface area contributed by atoms with Crippen molar-refractivity contribution in [1.82, 2.24) is 0 Å². The van der Waals surface area contributed by atoms with E-state index in [2.05, 4.69) is 68.5 Å². The zero-order valence-corrected chi connectivity index (χ0v) is 18.7. The number of hydrogen-bond acceptors (Lipinski definition) is 3. The molecule has 0 N–H and O–H groups in total. The zero-order valence-electron chi connectivity index (χ0n) is 9.29. The van der Waals surface area contributed by atoms with Crippen LogP contribution in [0, 0.1) is 11.3 Å². The smallest absolute Gasteiger partial charge is 0.337 e. The van der Waals surface area contributed by atoms with Gasteiger partial charge in [0.1, 0.15) is 0 Å². The molecule has 0 saturated heterocycles. The summed E-state index contributed by atoms with van der Waals surface area (Å²) in [5.41, 5.74) is -0.501. The summed E-state index contributed by atoms with van der Waals surface area (Å²) in [5.74, 6) is -0.873. The molecule has 20 heavy (non-hydrogen) atoms. The molecule has 0 aromatic carbocycles. The van der Waals surface area contributed by atoms with Crippen molar-refractivity contribution in [3.8, 4) is 6.07 Å². The van der Waals surface area contributed by atoms with Gasteiger partial charge in [0.25, 0.3) is 0 Å². The van der Waals surface area contributed by atoms with E-state index in [0.717, 1.165) is 7.11 Å². The van der Waals surface area contributed by atoms with Crippen LogP contribution in [0.2, 0.25) is 0 Å². The molecule has 0 heterocycles. The Morgan fingerprint density at radius 3 is 1.85 bits per heavy atom. The molecule has 1 rings (SSSR count). The number of rotatable bonds is 1. The number of esters is 1. The molecule has 0 saturated carbocycles. The lowest BCUT2D eigenvalue weighted by Crippen LogP contribution is -2.63. The second-order valence-electron chi connectivity index (χ2n) is 3.65. The molecule has 4 atom stereocenters. The highest BCUT2D eigenvalue weighted by atomic mass is 79.9. The number of alkyl halides is 8.